The maximum atomic E-state index is 12.2. The third kappa shape index (κ3) is 1.58. The molecule has 0 amide bonds. The summed E-state index contributed by atoms with van der Waals surface area (Å²) < 4.78 is 1.46. The highest BCUT2D eigenvalue weighted by molar-refractivity contribution is 5.79. The van der Waals surface area contributed by atoms with Crippen LogP contribution in [0, 0.1) is 6.92 Å². The van der Waals surface area contributed by atoms with Crippen LogP contribution in [0.3, 0.4) is 0 Å². The van der Waals surface area contributed by atoms with Crippen molar-refractivity contribution in [2.75, 3.05) is 0 Å². The third-order valence-electron chi connectivity index (χ3n) is 3.22. The molecule has 1 N–H and O–H groups in total. The van der Waals surface area contributed by atoms with E-state index in [9.17, 15) is 9.59 Å². The number of hydrogen-bond donors (Lipinski definition) is 1. The minimum absolute atomic E-state index is 0.0622. The third-order valence-corrected chi connectivity index (χ3v) is 3.22. The molecule has 0 spiro atoms. The molecule has 3 rings (SSSR count). The van der Waals surface area contributed by atoms with E-state index in [2.05, 4.69) is 10.1 Å². The number of aromatic nitrogens is 3. The van der Waals surface area contributed by atoms with Gasteiger partial charge in [0.15, 0.2) is 5.65 Å². The van der Waals surface area contributed by atoms with E-state index in [4.69, 9.17) is 0 Å². The number of carbonyl (C=O) groups excluding carboxylic acids is 1. The molecule has 2 aromatic rings. The first-order chi connectivity index (χ1) is 8.15. The van der Waals surface area contributed by atoms with Gasteiger partial charge in [-0.05, 0) is 19.8 Å². The van der Waals surface area contributed by atoms with Crippen molar-refractivity contribution < 1.29 is 4.79 Å². The van der Waals surface area contributed by atoms with E-state index >= 15 is 0 Å². The van der Waals surface area contributed by atoms with Gasteiger partial charge < -0.3 is 0 Å². The van der Waals surface area contributed by atoms with Gasteiger partial charge in [-0.3, -0.25) is 14.7 Å². The molecule has 17 heavy (non-hydrogen) atoms. The fourth-order valence-electron chi connectivity index (χ4n) is 2.33. The molecule has 88 valence electrons. The number of nitrogens with zero attached hydrogens (tertiary/aromatic N) is 2. The standard InChI is InChI=1S/C12H13N3O2/c1-7-6-11-13-10-5-3-8(16)2-4-9(10)12(17)15(11)14-7/h6,14H,2-5H2,1H3. The van der Waals surface area contributed by atoms with Crippen molar-refractivity contribution in [2.24, 2.45) is 0 Å². The van der Waals surface area contributed by atoms with Crippen LogP contribution in [0.5, 0.6) is 0 Å². The lowest BCUT2D eigenvalue weighted by Crippen LogP contribution is -2.22. The molecule has 2 aromatic heterocycles. The van der Waals surface area contributed by atoms with Gasteiger partial charge in [-0.2, -0.15) is 0 Å². The largest absolute Gasteiger partial charge is 0.300 e. The Morgan fingerprint density at radius 3 is 2.82 bits per heavy atom. The number of rotatable bonds is 0. The topological polar surface area (TPSA) is 67.2 Å². The summed E-state index contributed by atoms with van der Waals surface area (Å²) >= 11 is 0. The van der Waals surface area contributed by atoms with E-state index < -0.39 is 0 Å². The Bertz CT molecular complexity index is 666. The molecule has 0 atom stereocenters. The van der Waals surface area contributed by atoms with Crippen LogP contribution in [0.15, 0.2) is 10.9 Å². The highest BCUT2D eigenvalue weighted by Gasteiger charge is 2.19. The number of H-pyrrole nitrogens is 1. The van der Waals surface area contributed by atoms with Gasteiger partial charge >= 0.3 is 0 Å². The van der Waals surface area contributed by atoms with E-state index in [1.165, 1.54) is 4.52 Å². The summed E-state index contributed by atoms with van der Waals surface area (Å²) in [5, 5.41) is 2.97. The first-order valence-electron chi connectivity index (χ1n) is 5.77. The maximum Gasteiger partial charge on any atom is 0.276 e. The first-order valence-corrected chi connectivity index (χ1v) is 5.77. The predicted octanol–water partition coefficient (Wildman–Crippen LogP) is 0.779. The number of aromatic amines is 1. The predicted molar refractivity (Wildman–Crippen MR) is 62.2 cm³/mol. The second kappa shape index (κ2) is 3.55. The van der Waals surface area contributed by atoms with Crippen molar-refractivity contribution in [1.82, 2.24) is 14.6 Å². The van der Waals surface area contributed by atoms with Gasteiger partial charge in [0.05, 0.1) is 5.69 Å². The van der Waals surface area contributed by atoms with Gasteiger partial charge in [0.2, 0.25) is 0 Å². The van der Waals surface area contributed by atoms with Crippen LogP contribution < -0.4 is 5.56 Å². The van der Waals surface area contributed by atoms with Crippen molar-refractivity contribution >= 4 is 11.4 Å². The lowest BCUT2D eigenvalue weighted by atomic mass is 10.1. The van der Waals surface area contributed by atoms with Crippen LogP contribution in [0.4, 0.5) is 0 Å². The van der Waals surface area contributed by atoms with Crippen LogP contribution >= 0.6 is 0 Å². The van der Waals surface area contributed by atoms with Crippen molar-refractivity contribution in [3.63, 3.8) is 0 Å². The quantitative estimate of drug-likeness (QED) is 0.681. The Labute approximate surface area is 97.5 Å². The molecular formula is C12H13N3O2. The number of fused-ring (bicyclic) bond motifs is 2. The zero-order valence-corrected chi connectivity index (χ0v) is 9.62. The van der Waals surface area contributed by atoms with Gasteiger partial charge in [0, 0.05) is 30.2 Å². The maximum absolute atomic E-state index is 12.2. The zero-order chi connectivity index (χ0) is 12.0. The number of Topliss-reactive ketones (excluding diaryl/α,β-unsaturated/α-hetero) is 1. The average molecular weight is 231 g/mol. The molecule has 1 aliphatic carbocycles. The van der Waals surface area contributed by atoms with Gasteiger partial charge in [-0.1, -0.05) is 0 Å². The van der Waals surface area contributed by atoms with E-state index in [-0.39, 0.29) is 11.3 Å². The fourth-order valence-corrected chi connectivity index (χ4v) is 2.33. The van der Waals surface area contributed by atoms with Crippen molar-refractivity contribution in [2.45, 2.75) is 32.6 Å². The summed E-state index contributed by atoms with van der Waals surface area (Å²) in [7, 11) is 0. The van der Waals surface area contributed by atoms with E-state index in [0.717, 1.165) is 11.4 Å². The molecule has 0 bridgehead atoms. The molecule has 1 aliphatic rings. The Hall–Kier alpha value is -1.91. The van der Waals surface area contributed by atoms with Crippen LogP contribution in [0.25, 0.3) is 5.65 Å². The minimum atomic E-state index is -0.0622. The number of aryl methyl sites for hydroxylation is 2. The smallest absolute Gasteiger partial charge is 0.276 e. The molecule has 0 saturated heterocycles. The normalized spacial score (nSPS) is 15.9. The van der Waals surface area contributed by atoms with Crippen molar-refractivity contribution in [1.29, 1.82) is 0 Å². The molecule has 0 saturated carbocycles. The summed E-state index contributed by atoms with van der Waals surface area (Å²) in [6, 6.07) is 1.84. The molecule has 0 aliphatic heterocycles. The highest BCUT2D eigenvalue weighted by Crippen LogP contribution is 2.15. The average Bonchev–Trinajstić information content (AvgIpc) is 2.55. The second-order valence-corrected chi connectivity index (χ2v) is 4.51. The summed E-state index contributed by atoms with van der Waals surface area (Å²) in [6.45, 7) is 1.89. The molecule has 0 fully saturated rings. The molecule has 2 heterocycles. The van der Waals surface area contributed by atoms with E-state index in [1.807, 2.05) is 13.0 Å². The summed E-state index contributed by atoms with van der Waals surface area (Å²) in [5.41, 5.74) is 2.97. The second-order valence-electron chi connectivity index (χ2n) is 4.51. The van der Waals surface area contributed by atoms with Crippen LogP contribution in [0.2, 0.25) is 0 Å². The number of ketones is 1. The van der Waals surface area contributed by atoms with Gasteiger partial charge in [-0.15, -0.1) is 0 Å². The van der Waals surface area contributed by atoms with Crippen molar-refractivity contribution in [3.8, 4) is 0 Å². The molecule has 5 nitrogen and oxygen atoms in total. The lowest BCUT2D eigenvalue weighted by Gasteiger charge is -2.03. The number of carbonyl (C=O) groups is 1. The number of nitrogens with one attached hydrogen (secondary N) is 1. The molecule has 0 unspecified atom stereocenters. The summed E-state index contributed by atoms with van der Waals surface area (Å²) in [6.07, 6.45) is 2.06. The Morgan fingerprint density at radius 2 is 2.00 bits per heavy atom. The fraction of sp³-hybridized carbons (Fsp3) is 0.417. The van der Waals surface area contributed by atoms with Gasteiger partial charge in [0.1, 0.15) is 5.78 Å². The lowest BCUT2D eigenvalue weighted by molar-refractivity contribution is -0.118. The summed E-state index contributed by atoms with van der Waals surface area (Å²) in [4.78, 5) is 28.1. The monoisotopic (exact) mass is 231 g/mol. The molecule has 0 aromatic carbocycles. The Balaban J connectivity index is 2.28. The molecule has 5 heteroatoms. The van der Waals surface area contributed by atoms with Gasteiger partial charge in [0.25, 0.3) is 5.56 Å². The number of hydrogen-bond acceptors (Lipinski definition) is 3. The molecular weight excluding hydrogens is 218 g/mol. The SMILES string of the molecule is Cc1cc2nc3c(c(=O)n2[nH]1)CCC(=O)CC3. The van der Waals surface area contributed by atoms with E-state index in [0.29, 0.717) is 36.9 Å². The van der Waals surface area contributed by atoms with Crippen LogP contribution in [0.1, 0.15) is 29.8 Å². The Morgan fingerprint density at radius 1 is 1.24 bits per heavy atom. The van der Waals surface area contributed by atoms with Crippen molar-refractivity contribution in [3.05, 3.63) is 33.4 Å². The van der Waals surface area contributed by atoms with Crippen LogP contribution in [-0.2, 0) is 17.6 Å². The Kier molecular flexibility index (Phi) is 2.14. The zero-order valence-electron chi connectivity index (χ0n) is 9.62. The first kappa shape index (κ1) is 10.3. The molecule has 0 radical (unpaired) electrons. The minimum Gasteiger partial charge on any atom is -0.300 e. The summed E-state index contributed by atoms with van der Waals surface area (Å²) in [5.74, 6) is 0.215. The highest BCUT2D eigenvalue weighted by atomic mass is 16.1. The van der Waals surface area contributed by atoms with Gasteiger partial charge in [-0.25, -0.2) is 9.50 Å². The van der Waals surface area contributed by atoms with E-state index in [1.54, 1.807) is 0 Å². The van der Waals surface area contributed by atoms with Crippen LogP contribution in [-0.4, -0.2) is 20.4 Å².